The summed E-state index contributed by atoms with van der Waals surface area (Å²) >= 11 is 4.77. The second-order valence-corrected chi connectivity index (χ2v) is 9.62. The number of thiophene rings is 1. The first-order chi connectivity index (χ1) is 11.8. The molecule has 0 bridgehead atoms. The average Bonchev–Trinajstić information content (AvgIpc) is 3.10. The van der Waals surface area contributed by atoms with E-state index >= 15 is 0 Å². The molecule has 5 nitrogen and oxygen atoms in total. The summed E-state index contributed by atoms with van der Waals surface area (Å²) in [5, 5.41) is 3.94. The topological polar surface area (TPSA) is 72.2 Å². The van der Waals surface area contributed by atoms with Crippen LogP contribution < -0.4 is 4.72 Å². The third kappa shape index (κ3) is 3.87. The molecular weight excluding hydrogens is 424 g/mol. The van der Waals surface area contributed by atoms with E-state index in [9.17, 15) is 8.42 Å². The summed E-state index contributed by atoms with van der Waals surface area (Å²) in [6.07, 6.45) is 0. The maximum atomic E-state index is 12.7. The van der Waals surface area contributed by atoms with Gasteiger partial charge in [0.1, 0.15) is 0 Å². The monoisotopic (exact) mass is 440 g/mol. The molecule has 0 saturated heterocycles. The summed E-state index contributed by atoms with van der Waals surface area (Å²) in [5.41, 5.74) is 2.61. The molecule has 1 N–H and O–H groups in total. The third-order valence-electron chi connectivity index (χ3n) is 3.90. The van der Waals surface area contributed by atoms with Crippen LogP contribution in [0.25, 0.3) is 10.6 Å². The number of sulfonamides is 1. The van der Waals surface area contributed by atoms with E-state index in [0.717, 1.165) is 26.2 Å². The lowest BCUT2D eigenvalue weighted by Crippen LogP contribution is -2.23. The van der Waals surface area contributed by atoms with E-state index in [1.807, 2.05) is 38.1 Å². The lowest BCUT2D eigenvalue weighted by Gasteiger charge is -2.06. The number of hydrogen-bond acceptors (Lipinski definition) is 5. The van der Waals surface area contributed by atoms with Crippen molar-refractivity contribution in [2.45, 2.75) is 32.2 Å². The zero-order valence-corrected chi connectivity index (χ0v) is 17.2. The van der Waals surface area contributed by atoms with Crippen LogP contribution in [0.5, 0.6) is 0 Å². The molecule has 0 spiro atoms. The van der Waals surface area contributed by atoms with Gasteiger partial charge in [-0.15, -0.1) is 11.3 Å². The Bertz CT molecular complexity index is 1020. The molecule has 0 atom stereocenters. The summed E-state index contributed by atoms with van der Waals surface area (Å²) in [6, 6.07) is 9.18. The summed E-state index contributed by atoms with van der Waals surface area (Å²) < 4.78 is 34.3. The SMILES string of the molecule is Cc1noc(-c2cc(S(=O)(=O)NCc3cccc(Br)c3)c(C)s2)c1C. The maximum Gasteiger partial charge on any atom is 0.241 e. The predicted molar refractivity (Wildman–Crippen MR) is 102 cm³/mol. The third-order valence-corrected chi connectivity index (χ3v) is 7.10. The molecule has 132 valence electrons. The summed E-state index contributed by atoms with van der Waals surface area (Å²) in [5.74, 6) is 0.624. The molecule has 2 heterocycles. The molecular formula is C17H17BrN2O3S2. The largest absolute Gasteiger partial charge is 0.355 e. The second kappa shape index (κ2) is 7.03. The fourth-order valence-corrected chi connectivity index (χ4v) is 5.48. The van der Waals surface area contributed by atoms with Crippen LogP contribution in [-0.2, 0) is 16.6 Å². The van der Waals surface area contributed by atoms with Gasteiger partial charge in [0, 0.05) is 21.5 Å². The van der Waals surface area contributed by atoms with E-state index in [1.54, 1.807) is 13.0 Å². The van der Waals surface area contributed by atoms with Gasteiger partial charge in [-0.3, -0.25) is 0 Å². The van der Waals surface area contributed by atoms with Crippen molar-refractivity contribution in [2.75, 3.05) is 0 Å². The Morgan fingerprint density at radius 3 is 2.64 bits per heavy atom. The van der Waals surface area contributed by atoms with Crippen molar-refractivity contribution in [1.29, 1.82) is 0 Å². The first-order valence-electron chi connectivity index (χ1n) is 7.55. The molecule has 3 aromatic rings. The lowest BCUT2D eigenvalue weighted by molar-refractivity contribution is 0.427. The minimum absolute atomic E-state index is 0.229. The van der Waals surface area contributed by atoms with Crippen LogP contribution in [0.15, 0.2) is 44.2 Å². The minimum Gasteiger partial charge on any atom is -0.355 e. The quantitative estimate of drug-likeness (QED) is 0.630. The van der Waals surface area contributed by atoms with Crippen molar-refractivity contribution >= 4 is 37.3 Å². The molecule has 0 aliphatic carbocycles. The van der Waals surface area contributed by atoms with E-state index < -0.39 is 10.0 Å². The van der Waals surface area contributed by atoms with Crippen LogP contribution in [0.4, 0.5) is 0 Å². The van der Waals surface area contributed by atoms with E-state index in [2.05, 4.69) is 25.8 Å². The molecule has 0 fully saturated rings. The van der Waals surface area contributed by atoms with Gasteiger partial charge in [0.2, 0.25) is 10.0 Å². The maximum absolute atomic E-state index is 12.7. The van der Waals surface area contributed by atoms with Gasteiger partial charge in [-0.25, -0.2) is 13.1 Å². The Morgan fingerprint density at radius 1 is 1.24 bits per heavy atom. The zero-order valence-electron chi connectivity index (χ0n) is 14.0. The molecule has 25 heavy (non-hydrogen) atoms. The van der Waals surface area contributed by atoms with E-state index in [4.69, 9.17) is 4.52 Å². The highest BCUT2D eigenvalue weighted by molar-refractivity contribution is 9.10. The van der Waals surface area contributed by atoms with Gasteiger partial charge in [-0.05, 0) is 44.5 Å². The first kappa shape index (κ1) is 18.3. The second-order valence-electron chi connectivity index (χ2n) is 5.71. The smallest absolute Gasteiger partial charge is 0.241 e. The molecule has 0 amide bonds. The number of benzene rings is 1. The highest BCUT2D eigenvalue weighted by Gasteiger charge is 2.23. The number of halogens is 1. The molecule has 0 aliphatic rings. The highest BCUT2D eigenvalue weighted by Crippen LogP contribution is 2.35. The number of aryl methyl sites for hydroxylation is 2. The standard InChI is InChI=1S/C17H17BrN2O3S2/c1-10-11(2)20-23-17(10)15-8-16(12(3)24-15)25(21,22)19-9-13-5-4-6-14(18)7-13/h4-8,19H,9H2,1-3H3. The Hall–Kier alpha value is -1.48. The number of hydrogen-bond donors (Lipinski definition) is 1. The van der Waals surface area contributed by atoms with Crippen LogP contribution >= 0.6 is 27.3 Å². The van der Waals surface area contributed by atoms with Crippen molar-refractivity contribution in [3.8, 4) is 10.6 Å². The fraction of sp³-hybridized carbons (Fsp3) is 0.235. The summed E-state index contributed by atoms with van der Waals surface area (Å²) in [6.45, 7) is 5.79. The number of nitrogens with one attached hydrogen (secondary N) is 1. The normalized spacial score (nSPS) is 11.8. The number of rotatable bonds is 5. The molecule has 8 heteroatoms. The van der Waals surface area contributed by atoms with E-state index in [-0.39, 0.29) is 11.4 Å². The Morgan fingerprint density at radius 2 is 2.00 bits per heavy atom. The van der Waals surface area contributed by atoms with Gasteiger partial charge in [-0.2, -0.15) is 0 Å². The van der Waals surface area contributed by atoms with Crippen molar-refractivity contribution in [3.05, 3.63) is 56.5 Å². The van der Waals surface area contributed by atoms with Crippen LogP contribution in [-0.4, -0.2) is 13.6 Å². The van der Waals surface area contributed by atoms with Crippen LogP contribution in [0, 0.1) is 20.8 Å². The van der Waals surface area contributed by atoms with Gasteiger partial charge >= 0.3 is 0 Å². The number of aromatic nitrogens is 1. The van der Waals surface area contributed by atoms with Crippen LogP contribution in [0.1, 0.15) is 21.7 Å². The van der Waals surface area contributed by atoms with E-state index in [0.29, 0.717) is 10.6 Å². The predicted octanol–water partition coefficient (Wildman–Crippen LogP) is 4.57. The van der Waals surface area contributed by atoms with Crippen molar-refractivity contribution in [1.82, 2.24) is 9.88 Å². The van der Waals surface area contributed by atoms with Gasteiger partial charge in [0.05, 0.1) is 15.5 Å². The van der Waals surface area contributed by atoms with Gasteiger partial charge in [0.15, 0.2) is 5.76 Å². The van der Waals surface area contributed by atoms with Crippen LogP contribution in [0.3, 0.4) is 0 Å². The van der Waals surface area contributed by atoms with Gasteiger partial charge in [-0.1, -0.05) is 33.2 Å². The molecule has 0 unspecified atom stereocenters. The molecule has 3 rings (SSSR count). The van der Waals surface area contributed by atoms with E-state index in [1.165, 1.54) is 11.3 Å². The Labute approximate surface area is 159 Å². The first-order valence-corrected chi connectivity index (χ1v) is 10.6. The Kier molecular flexibility index (Phi) is 5.15. The zero-order chi connectivity index (χ0) is 18.2. The molecule has 1 aromatic carbocycles. The van der Waals surface area contributed by atoms with Crippen molar-refractivity contribution in [3.63, 3.8) is 0 Å². The Balaban J connectivity index is 1.86. The summed E-state index contributed by atoms with van der Waals surface area (Å²) in [4.78, 5) is 1.75. The van der Waals surface area contributed by atoms with Gasteiger partial charge < -0.3 is 4.52 Å². The lowest BCUT2D eigenvalue weighted by atomic mass is 10.2. The molecule has 0 saturated carbocycles. The molecule has 0 radical (unpaired) electrons. The highest BCUT2D eigenvalue weighted by atomic mass is 79.9. The van der Waals surface area contributed by atoms with Crippen molar-refractivity contribution in [2.24, 2.45) is 0 Å². The molecule has 0 aliphatic heterocycles. The summed E-state index contributed by atoms with van der Waals surface area (Å²) in [7, 11) is -3.61. The fourth-order valence-electron chi connectivity index (χ4n) is 2.39. The minimum atomic E-state index is -3.61. The number of nitrogens with zero attached hydrogens (tertiary/aromatic N) is 1. The average molecular weight is 441 g/mol. The van der Waals surface area contributed by atoms with Crippen molar-refractivity contribution < 1.29 is 12.9 Å². The van der Waals surface area contributed by atoms with Crippen LogP contribution in [0.2, 0.25) is 0 Å². The molecule has 2 aromatic heterocycles. The van der Waals surface area contributed by atoms with Gasteiger partial charge in [0.25, 0.3) is 0 Å².